The minimum Gasteiger partial charge on any atom is -0.393 e. The van der Waals surface area contributed by atoms with Crippen LogP contribution in [0.2, 0.25) is 0 Å². The molecule has 2 aromatic rings. The van der Waals surface area contributed by atoms with Gasteiger partial charge in [-0.1, -0.05) is 39.3 Å². The summed E-state index contributed by atoms with van der Waals surface area (Å²) in [6.07, 6.45) is 4.91. The van der Waals surface area contributed by atoms with Crippen LogP contribution in [-0.2, 0) is 5.41 Å². The summed E-state index contributed by atoms with van der Waals surface area (Å²) in [7, 11) is 0. The number of aliphatic hydroxyl groups excluding tert-OH is 1. The first-order chi connectivity index (χ1) is 9.98. The van der Waals surface area contributed by atoms with Crippen LogP contribution < -0.4 is 0 Å². The van der Waals surface area contributed by atoms with Crippen molar-refractivity contribution in [1.29, 1.82) is 0 Å². The number of pyridine rings is 1. The highest BCUT2D eigenvalue weighted by atomic mass is 16.3. The molecule has 3 atom stereocenters. The van der Waals surface area contributed by atoms with E-state index >= 15 is 0 Å². The third kappa shape index (κ3) is 2.69. The van der Waals surface area contributed by atoms with Gasteiger partial charge in [0.1, 0.15) is 0 Å². The van der Waals surface area contributed by atoms with E-state index in [0.717, 1.165) is 18.4 Å². The van der Waals surface area contributed by atoms with Crippen molar-refractivity contribution >= 4 is 10.9 Å². The number of aliphatic hydroxyl groups is 1. The lowest BCUT2D eigenvalue weighted by Crippen LogP contribution is -2.41. The van der Waals surface area contributed by atoms with Gasteiger partial charge in [0.2, 0.25) is 0 Å². The number of hydrogen-bond acceptors (Lipinski definition) is 2. The Morgan fingerprint density at radius 1 is 1.19 bits per heavy atom. The van der Waals surface area contributed by atoms with E-state index in [4.69, 9.17) is 0 Å². The summed E-state index contributed by atoms with van der Waals surface area (Å²) in [5.41, 5.74) is 2.33. The zero-order chi connectivity index (χ0) is 15.0. The van der Waals surface area contributed by atoms with Crippen LogP contribution in [0.25, 0.3) is 10.9 Å². The molecule has 0 amide bonds. The van der Waals surface area contributed by atoms with Gasteiger partial charge in [0.15, 0.2) is 0 Å². The largest absolute Gasteiger partial charge is 0.393 e. The second-order valence-corrected chi connectivity index (χ2v) is 7.22. The summed E-state index contributed by atoms with van der Waals surface area (Å²) in [6.45, 7) is 6.79. The van der Waals surface area contributed by atoms with Gasteiger partial charge in [-0.2, -0.15) is 0 Å². The Morgan fingerprint density at radius 2 is 2.00 bits per heavy atom. The maximum Gasteiger partial charge on any atom is 0.0702 e. The van der Waals surface area contributed by atoms with Crippen molar-refractivity contribution in [3.05, 3.63) is 42.1 Å². The average molecular weight is 283 g/mol. The SMILES string of the molecule is CC1CCC(C(C)(C)c2ccc3ncccc3c2)C(O)C1. The molecular weight excluding hydrogens is 258 g/mol. The quantitative estimate of drug-likeness (QED) is 0.891. The lowest BCUT2D eigenvalue weighted by Gasteiger charge is -2.42. The monoisotopic (exact) mass is 283 g/mol. The van der Waals surface area contributed by atoms with Gasteiger partial charge in [0, 0.05) is 11.6 Å². The molecule has 1 fully saturated rings. The van der Waals surface area contributed by atoms with Crippen molar-refractivity contribution in [1.82, 2.24) is 4.98 Å². The fraction of sp³-hybridized carbons (Fsp3) is 0.526. The highest BCUT2D eigenvalue weighted by molar-refractivity contribution is 5.79. The highest BCUT2D eigenvalue weighted by Crippen LogP contribution is 2.42. The first-order valence-corrected chi connectivity index (χ1v) is 8.02. The van der Waals surface area contributed by atoms with Crippen LogP contribution >= 0.6 is 0 Å². The molecule has 1 aliphatic carbocycles. The van der Waals surface area contributed by atoms with Crippen LogP contribution in [-0.4, -0.2) is 16.2 Å². The van der Waals surface area contributed by atoms with Crippen LogP contribution in [0.1, 0.15) is 45.6 Å². The van der Waals surface area contributed by atoms with Gasteiger partial charge in [0.05, 0.1) is 11.6 Å². The Balaban J connectivity index is 1.95. The third-order valence-corrected chi connectivity index (χ3v) is 5.35. The zero-order valence-electron chi connectivity index (χ0n) is 13.2. The number of rotatable bonds is 2. The molecule has 1 aromatic heterocycles. The van der Waals surface area contributed by atoms with Gasteiger partial charge in [-0.15, -0.1) is 0 Å². The van der Waals surface area contributed by atoms with Crippen LogP contribution in [0.5, 0.6) is 0 Å². The highest BCUT2D eigenvalue weighted by Gasteiger charge is 2.39. The van der Waals surface area contributed by atoms with Crippen molar-refractivity contribution in [3.8, 4) is 0 Å². The lowest BCUT2D eigenvalue weighted by molar-refractivity contribution is 0.0144. The van der Waals surface area contributed by atoms with Crippen LogP contribution in [0, 0.1) is 11.8 Å². The fourth-order valence-electron chi connectivity index (χ4n) is 3.88. The van der Waals surface area contributed by atoms with E-state index in [1.807, 2.05) is 12.3 Å². The molecule has 0 saturated heterocycles. The predicted octanol–water partition coefficient (Wildman–Crippen LogP) is 4.31. The van der Waals surface area contributed by atoms with Crippen LogP contribution in [0.15, 0.2) is 36.5 Å². The summed E-state index contributed by atoms with van der Waals surface area (Å²) in [6, 6.07) is 10.6. The molecule has 1 aromatic carbocycles. The van der Waals surface area contributed by atoms with E-state index in [1.54, 1.807) is 0 Å². The molecule has 1 N–H and O–H groups in total. The summed E-state index contributed by atoms with van der Waals surface area (Å²) in [5, 5.41) is 11.7. The maximum absolute atomic E-state index is 10.5. The second kappa shape index (κ2) is 5.42. The van der Waals surface area contributed by atoms with Crippen molar-refractivity contribution in [2.24, 2.45) is 11.8 Å². The normalized spacial score (nSPS) is 27.0. The van der Waals surface area contributed by atoms with Gasteiger partial charge in [-0.25, -0.2) is 0 Å². The Morgan fingerprint density at radius 3 is 2.76 bits per heavy atom. The van der Waals surface area contributed by atoms with Crippen molar-refractivity contribution in [3.63, 3.8) is 0 Å². The van der Waals surface area contributed by atoms with Gasteiger partial charge in [0.25, 0.3) is 0 Å². The molecule has 1 saturated carbocycles. The maximum atomic E-state index is 10.5. The zero-order valence-corrected chi connectivity index (χ0v) is 13.2. The van der Waals surface area contributed by atoms with E-state index in [0.29, 0.717) is 11.8 Å². The van der Waals surface area contributed by atoms with Crippen LogP contribution in [0.4, 0.5) is 0 Å². The molecule has 3 unspecified atom stereocenters. The topological polar surface area (TPSA) is 33.1 Å². The van der Waals surface area contributed by atoms with E-state index in [2.05, 4.69) is 50.0 Å². The van der Waals surface area contributed by atoms with Crippen LogP contribution in [0.3, 0.4) is 0 Å². The molecule has 21 heavy (non-hydrogen) atoms. The molecule has 0 bridgehead atoms. The first kappa shape index (κ1) is 14.5. The summed E-state index contributed by atoms with van der Waals surface area (Å²) in [5.74, 6) is 0.982. The minimum atomic E-state index is -0.187. The fourth-order valence-corrected chi connectivity index (χ4v) is 3.88. The van der Waals surface area contributed by atoms with Crippen molar-refractivity contribution < 1.29 is 5.11 Å². The molecule has 0 spiro atoms. The summed E-state index contributed by atoms with van der Waals surface area (Å²) in [4.78, 5) is 4.39. The molecular formula is C19H25NO. The van der Waals surface area contributed by atoms with E-state index < -0.39 is 0 Å². The first-order valence-electron chi connectivity index (χ1n) is 8.02. The second-order valence-electron chi connectivity index (χ2n) is 7.22. The van der Waals surface area contributed by atoms with E-state index in [-0.39, 0.29) is 11.5 Å². The molecule has 112 valence electrons. The molecule has 0 aliphatic heterocycles. The van der Waals surface area contributed by atoms with Gasteiger partial charge in [-0.05, 0) is 53.9 Å². The number of aromatic nitrogens is 1. The number of fused-ring (bicyclic) bond motifs is 1. The number of hydrogen-bond donors (Lipinski definition) is 1. The summed E-state index contributed by atoms with van der Waals surface area (Å²) < 4.78 is 0. The number of nitrogens with zero attached hydrogens (tertiary/aromatic N) is 1. The minimum absolute atomic E-state index is 0.0103. The van der Waals surface area contributed by atoms with Gasteiger partial charge >= 0.3 is 0 Å². The Kier molecular flexibility index (Phi) is 3.75. The Bertz CT molecular complexity index is 634. The molecule has 2 nitrogen and oxygen atoms in total. The molecule has 1 aliphatic rings. The van der Waals surface area contributed by atoms with Crippen molar-refractivity contribution in [2.45, 2.75) is 51.6 Å². The van der Waals surface area contributed by atoms with Gasteiger partial charge < -0.3 is 5.11 Å². The van der Waals surface area contributed by atoms with Gasteiger partial charge in [-0.3, -0.25) is 4.98 Å². The average Bonchev–Trinajstić information content (AvgIpc) is 2.46. The molecule has 0 radical (unpaired) electrons. The lowest BCUT2D eigenvalue weighted by atomic mass is 9.64. The Labute approximate surface area is 127 Å². The predicted molar refractivity (Wildman–Crippen MR) is 87.3 cm³/mol. The van der Waals surface area contributed by atoms with Crippen molar-refractivity contribution in [2.75, 3.05) is 0 Å². The third-order valence-electron chi connectivity index (χ3n) is 5.35. The number of benzene rings is 1. The molecule has 3 rings (SSSR count). The smallest absolute Gasteiger partial charge is 0.0702 e. The molecule has 2 heteroatoms. The molecule has 1 heterocycles. The van der Waals surface area contributed by atoms with E-state index in [1.165, 1.54) is 17.4 Å². The summed E-state index contributed by atoms with van der Waals surface area (Å²) >= 11 is 0. The standard InChI is InChI=1S/C19H25NO/c1-13-6-8-16(18(21)11-13)19(2,3)15-7-9-17-14(12-15)5-4-10-20-17/h4-5,7,9-10,12-13,16,18,21H,6,8,11H2,1-3H3. The Hall–Kier alpha value is -1.41. The van der Waals surface area contributed by atoms with E-state index in [9.17, 15) is 5.11 Å².